The SMILES string of the molecule is CC(C)c1noc2nc(C3CC3)cc(C(=O)N3CCCC3CN)c12.Cl. The Hall–Kier alpha value is -1.66. The van der Waals surface area contributed by atoms with Crippen molar-refractivity contribution >= 4 is 29.4 Å². The molecule has 1 atom stereocenters. The second-order valence-corrected chi connectivity index (χ2v) is 7.30. The molecule has 1 saturated carbocycles. The molecule has 2 fully saturated rings. The number of halogens is 1. The standard InChI is InChI=1S/C18H24N4O2.ClH/c1-10(2)16-15-13(18(23)22-7-3-4-12(22)9-19)8-14(11-5-6-11)20-17(15)24-21-16;/h8,10-12H,3-7,9,19H2,1-2H3;1H. The molecule has 2 aromatic heterocycles. The van der Waals surface area contributed by atoms with Gasteiger partial charge in [-0.2, -0.15) is 0 Å². The Morgan fingerprint density at radius 1 is 1.40 bits per heavy atom. The highest BCUT2D eigenvalue weighted by molar-refractivity contribution is 6.06. The maximum Gasteiger partial charge on any atom is 0.259 e. The second kappa shape index (κ2) is 6.92. The third-order valence-corrected chi connectivity index (χ3v) is 5.18. The van der Waals surface area contributed by atoms with E-state index in [-0.39, 0.29) is 30.3 Å². The second-order valence-electron chi connectivity index (χ2n) is 7.30. The van der Waals surface area contributed by atoms with Gasteiger partial charge in [0.05, 0.1) is 16.6 Å². The van der Waals surface area contributed by atoms with E-state index in [0.29, 0.717) is 23.7 Å². The summed E-state index contributed by atoms with van der Waals surface area (Å²) < 4.78 is 5.48. The van der Waals surface area contributed by atoms with Crippen LogP contribution in [0.3, 0.4) is 0 Å². The van der Waals surface area contributed by atoms with Gasteiger partial charge in [-0.05, 0) is 37.7 Å². The molecule has 6 nitrogen and oxygen atoms in total. The molecule has 136 valence electrons. The van der Waals surface area contributed by atoms with Crippen molar-refractivity contribution in [3.63, 3.8) is 0 Å². The Kier molecular flexibility index (Phi) is 5.02. The summed E-state index contributed by atoms with van der Waals surface area (Å²) in [5.41, 5.74) is 8.82. The van der Waals surface area contributed by atoms with E-state index < -0.39 is 0 Å². The van der Waals surface area contributed by atoms with Crippen LogP contribution < -0.4 is 5.73 Å². The van der Waals surface area contributed by atoms with E-state index in [4.69, 9.17) is 10.3 Å². The van der Waals surface area contributed by atoms with E-state index in [0.717, 1.165) is 49.0 Å². The summed E-state index contributed by atoms with van der Waals surface area (Å²) in [7, 11) is 0. The lowest BCUT2D eigenvalue weighted by molar-refractivity contribution is 0.0743. The van der Waals surface area contributed by atoms with Gasteiger partial charge < -0.3 is 15.2 Å². The predicted molar refractivity (Wildman–Crippen MR) is 98.2 cm³/mol. The number of amides is 1. The molecule has 0 spiro atoms. The summed E-state index contributed by atoms with van der Waals surface area (Å²) in [4.78, 5) is 19.8. The van der Waals surface area contributed by atoms with Gasteiger partial charge in [0.1, 0.15) is 0 Å². The van der Waals surface area contributed by atoms with Crippen molar-refractivity contribution in [3.8, 4) is 0 Å². The van der Waals surface area contributed by atoms with Crippen molar-refractivity contribution in [2.24, 2.45) is 5.73 Å². The van der Waals surface area contributed by atoms with Crippen molar-refractivity contribution in [1.29, 1.82) is 0 Å². The highest BCUT2D eigenvalue weighted by Gasteiger charge is 2.33. The van der Waals surface area contributed by atoms with Gasteiger partial charge >= 0.3 is 0 Å². The summed E-state index contributed by atoms with van der Waals surface area (Å²) in [6.07, 6.45) is 4.25. The minimum atomic E-state index is 0. The fourth-order valence-corrected chi connectivity index (χ4v) is 3.65. The van der Waals surface area contributed by atoms with Gasteiger partial charge in [-0.15, -0.1) is 12.4 Å². The molecule has 1 aliphatic carbocycles. The van der Waals surface area contributed by atoms with Crippen LogP contribution in [0.1, 0.15) is 73.1 Å². The quantitative estimate of drug-likeness (QED) is 0.900. The lowest BCUT2D eigenvalue weighted by Gasteiger charge is -2.24. The van der Waals surface area contributed by atoms with E-state index in [1.807, 2.05) is 11.0 Å². The number of aromatic nitrogens is 2. The van der Waals surface area contributed by atoms with Crippen LogP contribution in [-0.2, 0) is 0 Å². The average Bonchev–Trinajstić information content (AvgIpc) is 3.16. The van der Waals surface area contributed by atoms with Gasteiger partial charge in [0.25, 0.3) is 11.6 Å². The molecular formula is C18H25ClN4O2. The molecule has 2 N–H and O–H groups in total. The van der Waals surface area contributed by atoms with Crippen molar-refractivity contribution in [2.45, 2.75) is 57.4 Å². The fourth-order valence-electron chi connectivity index (χ4n) is 3.65. The van der Waals surface area contributed by atoms with Crippen molar-refractivity contribution in [1.82, 2.24) is 15.0 Å². The molecule has 4 rings (SSSR count). The summed E-state index contributed by atoms with van der Waals surface area (Å²) in [5, 5.41) is 4.97. The first-order valence-corrected chi connectivity index (χ1v) is 8.91. The van der Waals surface area contributed by atoms with Crippen LogP contribution in [0.2, 0.25) is 0 Å². The number of nitrogens with zero attached hydrogens (tertiary/aromatic N) is 3. The molecule has 0 radical (unpaired) electrons. The zero-order chi connectivity index (χ0) is 16.8. The maximum absolute atomic E-state index is 13.3. The minimum absolute atomic E-state index is 0. The molecule has 3 heterocycles. The van der Waals surface area contributed by atoms with Gasteiger partial charge in [-0.1, -0.05) is 19.0 Å². The molecule has 1 saturated heterocycles. The van der Waals surface area contributed by atoms with E-state index in [1.54, 1.807) is 0 Å². The van der Waals surface area contributed by atoms with Crippen LogP contribution in [0.15, 0.2) is 10.6 Å². The third kappa shape index (κ3) is 3.13. The first-order chi connectivity index (χ1) is 11.6. The smallest absolute Gasteiger partial charge is 0.259 e. The van der Waals surface area contributed by atoms with Crippen LogP contribution in [0, 0.1) is 0 Å². The zero-order valence-corrected chi connectivity index (χ0v) is 15.5. The lowest BCUT2D eigenvalue weighted by Crippen LogP contribution is -2.40. The zero-order valence-electron chi connectivity index (χ0n) is 14.7. The van der Waals surface area contributed by atoms with Crippen LogP contribution in [0.4, 0.5) is 0 Å². The summed E-state index contributed by atoms with van der Waals surface area (Å²) >= 11 is 0. The van der Waals surface area contributed by atoms with E-state index in [2.05, 4.69) is 24.0 Å². The Morgan fingerprint density at radius 3 is 2.80 bits per heavy atom. The molecule has 2 aliphatic rings. The highest BCUT2D eigenvalue weighted by atomic mass is 35.5. The van der Waals surface area contributed by atoms with Gasteiger partial charge in [0.15, 0.2) is 0 Å². The number of fused-ring (bicyclic) bond motifs is 1. The number of likely N-dealkylation sites (tertiary alicyclic amines) is 1. The number of pyridine rings is 1. The van der Waals surface area contributed by atoms with Crippen LogP contribution >= 0.6 is 12.4 Å². The number of nitrogens with two attached hydrogens (primary N) is 1. The van der Waals surface area contributed by atoms with E-state index in [9.17, 15) is 4.79 Å². The lowest BCUT2D eigenvalue weighted by atomic mass is 10.0. The fraction of sp³-hybridized carbons (Fsp3) is 0.611. The Labute approximate surface area is 153 Å². The first-order valence-electron chi connectivity index (χ1n) is 8.91. The predicted octanol–water partition coefficient (Wildman–Crippen LogP) is 3.21. The Bertz CT molecular complexity index is 785. The molecule has 2 aromatic rings. The average molecular weight is 365 g/mol. The number of hydrogen-bond donors (Lipinski definition) is 1. The number of carbonyl (C=O) groups is 1. The molecule has 0 aromatic carbocycles. The van der Waals surface area contributed by atoms with Gasteiger partial charge in [0, 0.05) is 30.7 Å². The third-order valence-electron chi connectivity index (χ3n) is 5.18. The van der Waals surface area contributed by atoms with E-state index in [1.165, 1.54) is 0 Å². The maximum atomic E-state index is 13.3. The minimum Gasteiger partial charge on any atom is -0.335 e. The summed E-state index contributed by atoms with van der Waals surface area (Å²) in [6, 6.07) is 2.10. The number of rotatable bonds is 4. The summed E-state index contributed by atoms with van der Waals surface area (Å²) in [5.74, 6) is 0.676. The van der Waals surface area contributed by atoms with Crippen LogP contribution in [0.25, 0.3) is 11.1 Å². The molecule has 1 aliphatic heterocycles. The van der Waals surface area contributed by atoms with Crippen LogP contribution in [-0.4, -0.2) is 40.1 Å². The number of carbonyl (C=O) groups excluding carboxylic acids is 1. The first kappa shape index (κ1) is 18.1. The highest BCUT2D eigenvalue weighted by Crippen LogP contribution is 2.41. The molecule has 7 heteroatoms. The number of hydrogen-bond acceptors (Lipinski definition) is 5. The van der Waals surface area contributed by atoms with Crippen molar-refractivity contribution in [2.75, 3.05) is 13.1 Å². The molecular weight excluding hydrogens is 340 g/mol. The van der Waals surface area contributed by atoms with Gasteiger partial charge in [-0.3, -0.25) is 4.79 Å². The molecule has 0 bridgehead atoms. The van der Waals surface area contributed by atoms with E-state index >= 15 is 0 Å². The van der Waals surface area contributed by atoms with Crippen molar-refractivity contribution < 1.29 is 9.32 Å². The molecule has 1 amide bonds. The topological polar surface area (TPSA) is 85.2 Å². The van der Waals surface area contributed by atoms with Crippen molar-refractivity contribution in [3.05, 3.63) is 23.0 Å². The molecule has 1 unspecified atom stereocenters. The largest absolute Gasteiger partial charge is 0.335 e. The Balaban J connectivity index is 0.00000182. The summed E-state index contributed by atoms with van der Waals surface area (Å²) in [6.45, 7) is 5.39. The van der Waals surface area contributed by atoms with Crippen LogP contribution in [0.5, 0.6) is 0 Å². The normalized spacial score (nSPS) is 20.3. The monoisotopic (exact) mass is 364 g/mol. The Morgan fingerprint density at radius 2 is 2.16 bits per heavy atom. The van der Waals surface area contributed by atoms with Gasteiger partial charge in [0.2, 0.25) is 0 Å². The van der Waals surface area contributed by atoms with Gasteiger partial charge in [-0.25, -0.2) is 4.98 Å². The molecule has 25 heavy (non-hydrogen) atoms.